The largest absolute Gasteiger partial charge is 0.493 e. The second-order valence-corrected chi connectivity index (χ2v) is 4.78. The Kier molecular flexibility index (Phi) is 6.15. The van der Waals surface area contributed by atoms with Crippen LogP contribution >= 0.6 is 0 Å². The molecule has 0 aliphatic heterocycles. The molecule has 1 amide bonds. The number of nitrogen functional groups attached to an aromatic ring is 1. The van der Waals surface area contributed by atoms with Gasteiger partial charge in [-0.15, -0.1) is 0 Å². The van der Waals surface area contributed by atoms with Gasteiger partial charge in [0.2, 0.25) is 5.91 Å². The van der Waals surface area contributed by atoms with E-state index in [2.05, 4.69) is 17.1 Å². The summed E-state index contributed by atoms with van der Waals surface area (Å²) in [4.78, 5) is 13.6. The van der Waals surface area contributed by atoms with Crippen LogP contribution in [0.5, 0.6) is 5.75 Å². The molecule has 0 radical (unpaired) electrons. The molecule has 0 heterocycles. The predicted molar refractivity (Wildman–Crippen MR) is 77.1 cm³/mol. The van der Waals surface area contributed by atoms with Gasteiger partial charge in [-0.3, -0.25) is 4.79 Å². The van der Waals surface area contributed by atoms with Crippen molar-refractivity contribution < 1.29 is 9.53 Å². The molecule has 1 atom stereocenters. The zero-order valence-electron chi connectivity index (χ0n) is 11.8. The van der Waals surface area contributed by atoms with E-state index in [9.17, 15) is 4.79 Å². The van der Waals surface area contributed by atoms with Crippen LogP contribution in [0.2, 0.25) is 0 Å². The zero-order valence-corrected chi connectivity index (χ0v) is 11.8. The predicted octanol–water partition coefficient (Wildman–Crippen LogP) is 1.10. The number of nitrogens with one attached hydrogen (secondary N) is 1. The summed E-state index contributed by atoms with van der Waals surface area (Å²) in [5.74, 6) is 0.729. The van der Waals surface area contributed by atoms with Crippen molar-refractivity contribution in [2.24, 2.45) is 0 Å². The van der Waals surface area contributed by atoms with Crippen LogP contribution in [0.4, 0.5) is 5.69 Å². The SMILES string of the molecule is CC(CNC(=O)CCOc1ccc(N)cc1)N(C)C. The number of benzene rings is 1. The Balaban J connectivity index is 2.18. The van der Waals surface area contributed by atoms with E-state index < -0.39 is 0 Å². The maximum absolute atomic E-state index is 11.6. The van der Waals surface area contributed by atoms with Crippen LogP contribution in [0.3, 0.4) is 0 Å². The fraction of sp³-hybridized carbons (Fsp3) is 0.500. The lowest BCUT2D eigenvalue weighted by Crippen LogP contribution is -2.38. The molecule has 19 heavy (non-hydrogen) atoms. The van der Waals surface area contributed by atoms with Crippen molar-refractivity contribution in [2.45, 2.75) is 19.4 Å². The first-order chi connectivity index (χ1) is 8.99. The Labute approximate surface area is 114 Å². The molecule has 0 fully saturated rings. The number of ether oxygens (including phenoxy) is 1. The fourth-order valence-corrected chi connectivity index (χ4v) is 1.36. The van der Waals surface area contributed by atoms with Gasteiger partial charge in [0.1, 0.15) is 5.75 Å². The molecule has 0 aliphatic rings. The van der Waals surface area contributed by atoms with Crippen LogP contribution in [0.15, 0.2) is 24.3 Å². The third-order valence-corrected chi connectivity index (χ3v) is 2.95. The van der Waals surface area contributed by atoms with E-state index in [1.54, 1.807) is 24.3 Å². The third-order valence-electron chi connectivity index (χ3n) is 2.95. The highest BCUT2D eigenvalue weighted by Crippen LogP contribution is 2.12. The van der Waals surface area contributed by atoms with Crippen LogP contribution < -0.4 is 15.8 Å². The minimum Gasteiger partial charge on any atom is -0.493 e. The van der Waals surface area contributed by atoms with Gasteiger partial charge in [-0.05, 0) is 45.3 Å². The minimum absolute atomic E-state index is 0.00384. The summed E-state index contributed by atoms with van der Waals surface area (Å²) in [6.45, 7) is 3.07. The number of carbonyl (C=O) groups is 1. The Morgan fingerprint density at radius 2 is 2.00 bits per heavy atom. The van der Waals surface area contributed by atoms with Gasteiger partial charge >= 0.3 is 0 Å². The Hall–Kier alpha value is -1.75. The first kappa shape index (κ1) is 15.3. The van der Waals surface area contributed by atoms with E-state index in [0.29, 0.717) is 31.3 Å². The number of nitrogens with two attached hydrogens (primary N) is 1. The quantitative estimate of drug-likeness (QED) is 0.725. The van der Waals surface area contributed by atoms with E-state index in [1.165, 1.54) is 0 Å². The van der Waals surface area contributed by atoms with E-state index in [4.69, 9.17) is 10.5 Å². The van der Waals surface area contributed by atoms with Crippen molar-refractivity contribution in [2.75, 3.05) is 33.0 Å². The molecule has 5 nitrogen and oxygen atoms in total. The average molecular weight is 265 g/mol. The van der Waals surface area contributed by atoms with Crippen LogP contribution in [-0.2, 0) is 4.79 Å². The number of carbonyl (C=O) groups excluding carboxylic acids is 1. The topological polar surface area (TPSA) is 67.6 Å². The van der Waals surface area contributed by atoms with Crippen LogP contribution in [0.25, 0.3) is 0 Å². The van der Waals surface area contributed by atoms with Gasteiger partial charge in [-0.1, -0.05) is 0 Å². The summed E-state index contributed by atoms with van der Waals surface area (Å²) in [5.41, 5.74) is 6.27. The van der Waals surface area contributed by atoms with Gasteiger partial charge in [-0.2, -0.15) is 0 Å². The molecular formula is C14H23N3O2. The second kappa shape index (κ2) is 7.63. The smallest absolute Gasteiger partial charge is 0.223 e. The summed E-state index contributed by atoms with van der Waals surface area (Å²) < 4.78 is 5.46. The van der Waals surface area contributed by atoms with E-state index in [-0.39, 0.29) is 5.91 Å². The number of rotatable bonds is 7. The number of anilines is 1. The molecule has 0 saturated heterocycles. The van der Waals surface area contributed by atoms with Crippen LogP contribution in [0, 0.1) is 0 Å². The summed E-state index contributed by atoms with van der Waals surface area (Å²) in [6.07, 6.45) is 0.352. The monoisotopic (exact) mass is 265 g/mol. The number of nitrogens with zero attached hydrogens (tertiary/aromatic N) is 1. The molecule has 3 N–H and O–H groups in total. The van der Waals surface area contributed by atoms with E-state index in [1.807, 2.05) is 14.1 Å². The van der Waals surface area contributed by atoms with Crippen LogP contribution in [0.1, 0.15) is 13.3 Å². The second-order valence-electron chi connectivity index (χ2n) is 4.78. The molecular weight excluding hydrogens is 242 g/mol. The molecule has 1 unspecified atom stereocenters. The first-order valence-corrected chi connectivity index (χ1v) is 6.40. The van der Waals surface area contributed by atoms with Gasteiger partial charge in [0, 0.05) is 18.3 Å². The molecule has 0 spiro atoms. The molecule has 0 saturated carbocycles. The molecule has 106 valence electrons. The minimum atomic E-state index is 0.00384. The summed E-state index contributed by atoms with van der Waals surface area (Å²) in [6, 6.07) is 7.45. The Morgan fingerprint density at radius 1 is 1.37 bits per heavy atom. The van der Waals surface area contributed by atoms with E-state index in [0.717, 1.165) is 5.75 Å². The van der Waals surface area contributed by atoms with Gasteiger partial charge in [0.05, 0.1) is 13.0 Å². The standard InChI is InChI=1S/C14H23N3O2/c1-11(17(2)3)10-16-14(18)8-9-19-13-6-4-12(15)5-7-13/h4-7,11H,8-10,15H2,1-3H3,(H,16,18). The molecule has 1 rings (SSSR count). The third kappa shape index (κ3) is 6.10. The Morgan fingerprint density at radius 3 is 2.58 bits per heavy atom. The summed E-state index contributed by atoms with van der Waals surface area (Å²) in [7, 11) is 3.97. The first-order valence-electron chi connectivity index (χ1n) is 6.40. The maximum atomic E-state index is 11.6. The highest BCUT2D eigenvalue weighted by Gasteiger charge is 2.07. The lowest BCUT2D eigenvalue weighted by molar-refractivity contribution is -0.121. The number of amides is 1. The Bertz CT molecular complexity index is 390. The number of likely N-dealkylation sites (N-methyl/N-ethyl adjacent to an activating group) is 1. The van der Waals surface area contributed by atoms with Gasteiger partial charge in [0.25, 0.3) is 0 Å². The summed E-state index contributed by atoms with van der Waals surface area (Å²) >= 11 is 0. The van der Waals surface area contributed by atoms with Crippen molar-refractivity contribution in [3.8, 4) is 5.75 Å². The van der Waals surface area contributed by atoms with Crippen molar-refractivity contribution in [1.29, 1.82) is 0 Å². The van der Waals surface area contributed by atoms with E-state index >= 15 is 0 Å². The van der Waals surface area contributed by atoms with Crippen molar-refractivity contribution >= 4 is 11.6 Å². The maximum Gasteiger partial charge on any atom is 0.223 e. The number of hydrogen-bond donors (Lipinski definition) is 2. The average Bonchev–Trinajstić information content (AvgIpc) is 2.38. The molecule has 1 aromatic carbocycles. The van der Waals surface area contributed by atoms with Crippen molar-refractivity contribution in [3.63, 3.8) is 0 Å². The molecule has 1 aromatic rings. The van der Waals surface area contributed by atoms with Crippen LogP contribution in [-0.4, -0.2) is 44.1 Å². The molecule has 0 aliphatic carbocycles. The zero-order chi connectivity index (χ0) is 14.3. The lowest BCUT2D eigenvalue weighted by atomic mass is 10.3. The highest BCUT2D eigenvalue weighted by atomic mass is 16.5. The van der Waals surface area contributed by atoms with Crippen molar-refractivity contribution in [1.82, 2.24) is 10.2 Å². The van der Waals surface area contributed by atoms with Crippen molar-refractivity contribution in [3.05, 3.63) is 24.3 Å². The normalized spacial score (nSPS) is 12.2. The fourth-order valence-electron chi connectivity index (χ4n) is 1.36. The molecule has 0 aromatic heterocycles. The lowest BCUT2D eigenvalue weighted by Gasteiger charge is -2.19. The van der Waals surface area contributed by atoms with Gasteiger partial charge in [-0.25, -0.2) is 0 Å². The molecule has 0 bridgehead atoms. The summed E-state index contributed by atoms with van der Waals surface area (Å²) in [5, 5.41) is 2.88. The molecule has 5 heteroatoms. The van der Waals surface area contributed by atoms with Gasteiger partial charge < -0.3 is 20.7 Å². The number of hydrogen-bond acceptors (Lipinski definition) is 4. The highest BCUT2D eigenvalue weighted by molar-refractivity contribution is 5.76. The van der Waals surface area contributed by atoms with Gasteiger partial charge in [0.15, 0.2) is 0 Å².